The molecule has 0 aromatic heterocycles. The Balaban J connectivity index is 1.56. The summed E-state index contributed by atoms with van der Waals surface area (Å²) < 4.78 is 13.2. The molecule has 2 fully saturated rings. The van der Waals surface area contributed by atoms with Crippen LogP contribution in [0.4, 0.5) is 4.39 Å². The second-order valence-electron chi connectivity index (χ2n) is 6.30. The van der Waals surface area contributed by atoms with Gasteiger partial charge in [-0.15, -0.1) is 0 Å². The van der Waals surface area contributed by atoms with Crippen LogP contribution in [0.25, 0.3) is 0 Å². The summed E-state index contributed by atoms with van der Waals surface area (Å²) in [5.41, 5.74) is 0.699. The molecule has 0 amide bonds. The van der Waals surface area contributed by atoms with Crippen LogP contribution < -0.4 is 0 Å². The summed E-state index contributed by atoms with van der Waals surface area (Å²) in [5, 5.41) is 10.2. The average Bonchev–Trinajstić information content (AvgIpc) is 2.93. The molecule has 2 aliphatic rings. The molecule has 1 N–H and O–H groups in total. The van der Waals surface area contributed by atoms with E-state index in [0.717, 1.165) is 25.0 Å². The highest BCUT2D eigenvalue weighted by molar-refractivity contribution is 5.18. The van der Waals surface area contributed by atoms with Gasteiger partial charge in [0.1, 0.15) is 5.82 Å². The Morgan fingerprint density at radius 1 is 1.25 bits per heavy atom. The maximum absolute atomic E-state index is 13.2. The fourth-order valence-corrected chi connectivity index (χ4v) is 4.00. The SMILES string of the molecule is OC(CCN1CCCC2CCCC21)c1cccc(F)c1. The Kier molecular flexibility index (Phi) is 4.37. The van der Waals surface area contributed by atoms with Crippen molar-refractivity contribution in [3.8, 4) is 0 Å². The van der Waals surface area contributed by atoms with Crippen LogP contribution in [0.5, 0.6) is 0 Å². The second kappa shape index (κ2) is 6.23. The van der Waals surface area contributed by atoms with Crippen molar-refractivity contribution in [1.82, 2.24) is 4.90 Å². The third-order valence-corrected chi connectivity index (χ3v) is 5.03. The first-order valence-electron chi connectivity index (χ1n) is 7.91. The molecular weight excluding hydrogens is 253 g/mol. The van der Waals surface area contributed by atoms with Gasteiger partial charge in [-0.2, -0.15) is 0 Å². The summed E-state index contributed by atoms with van der Waals surface area (Å²) in [6.45, 7) is 2.09. The van der Waals surface area contributed by atoms with Crippen LogP contribution in [-0.2, 0) is 0 Å². The third-order valence-electron chi connectivity index (χ3n) is 5.03. The first kappa shape index (κ1) is 14.0. The van der Waals surface area contributed by atoms with E-state index >= 15 is 0 Å². The van der Waals surface area contributed by atoms with E-state index in [0.29, 0.717) is 12.0 Å². The van der Waals surface area contributed by atoms with Crippen LogP contribution in [-0.4, -0.2) is 29.1 Å². The van der Waals surface area contributed by atoms with E-state index in [4.69, 9.17) is 0 Å². The van der Waals surface area contributed by atoms with E-state index in [-0.39, 0.29) is 5.82 Å². The highest BCUT2D eigenvalue weighted by Gasteiger charge is 2.34. The molecule has 110 valence electrons. The number of aliphatic hydroxyl groups excluding tert-OH is 1. The summed E-state index contributed by atoms with van der Waals surface area (Å²) in [4.78, 5) is 2.56. The van der Waals surface area contributed by atoms with E-state index in [1.54, 1.807) is 6.07 Å². The summed E-state index contributed by atoms with van der Waals surface area (Å²) in [5.74, 6) is 0.616. The molecule has 3 heteroatoms. The minimum Gasteiger partial charge on any atom is -0.388 e. The largest absolute Gasteiger partial charge is 0.388 e. The maximum Gasteiger partial charge on any atom is 0.123 e. The van der Waals surface area contributed by atoms with Crippen LogP contribution in [0, 0.1) is 11.7 Å². The van der Waals surface area contributed by atoms with Crippen molar-refractivity contribution in [2.75, 3.05) is 13.1 Å². The van der Waals surface area contributed by atoms with E-state index in [9.17, 15) is 9.50 Å². The van der Waals surface area contributed by atoms with Gasteiger partial charge in [-0.05, 0) is 62.3 Å². The van der Waals surface area contributed by atoms with Gasteiger partial charge in [-0.1, -0.05) is 18.6 Å². The molecule has 0 bridgehead atoms. The number of halogens is 1. The number of hydrogen-bond donors (Lipinski definition) is 1. The third kappa shape index (κ3) is 3.04. The van der Waals surface area contributed by atoms with E-state index in [1.165, 1.54) is 44.2 Å². The van der Waals surface area contributed by atoms with Crippen molar-refractivity contribution in [2.45, 2.75) is 50.7 Å². The highest BCUT2D eigenvalue weighted by atomic mass is 19.1. The lowest BCUT2D eigenvalue weighted by atomic mass is 9.91. The Morgan fingerprint density at radius 3 is 2.95 bits per heavy atom. The van der Waals surface area contributed by atoms with Crippen LogP contribution in [0.2, 0.25) is 0 Å². The lowest BCUT2D eigenvalue weighted by Gasteiger charge is -2.38. The number of rotatable bonds is 4. The van der Waals surface area contributed by atoms with Crippen molar-refractivity contribution in [3.05, 3.63) is 35.6 Å². The van der Waals surface area contributed by atoms with E-state index in [1.807, 2.05) is 6.07 Å². The minimum absolute atomic E-state index is 0.268. The summed E-state index contributed by atoms with van der Waals surface area (Å²) in [6, 6.07) is 7.08. The topological polar surface area (TPSA) is 23.5 Å². The molecule has 3 unspecified atom stereocenters. The average molecular weight is 277 g/mol. The van der Waals surface area contributed by atoms with Gasteiger partial charge in [-0.25, -0.2) is 4.39 Å². The number of nitrogens with zero attached hydrogens (tertiary/aromatic N) is 1. The molecule has 1 aromatic carbocycles. The van der Waals surface area contributed by atoms with Gasteiger partial charge >= 0.3 is 0 Å². The molecule has 3 rings (SSSR count). The first-order valence-corrected chi connectivity index (χ1v) is 7.91. The van der Waals surface area contributed by atoms with Crippen LogP contribution >= 0.6 is 0 Å². The molecule has 3 atom stereocenters. The van der Waals surface area contributed by atoms with Gasteiger partial charge in [0.05, 0.1) is 6.10 Å². The second-order valence-corrected chi connectivity index (χ2v) is 6.30. The Bertz CT molecular complexity index is 450. The lowest BCUT2D eigenvalue weighted by Crippen LogP contribution is -2.43. The van der Waals surface area contributed by atoms with E-state index < -0.39 is 6.10 Å². The molecular formula is C17H24FNO. The van der Waals surface area contributed by atoms with Crippen LogP contribution in [0.15, 0.2) is 24.3 Å². The van der Waals surface area contributed by atoms with Crippen LogP contribution in [0.1, 0.15) is 50.2 Å². The number of fused-ring (bicyclic) bond motifs is 1. The predicted molar refractivity (Wildman–Crippen MR) is 77.9 cm³/mol. The summed E-state index contributed by atoms with van der Waals surface area (Å²) >= 11 is 0. The molecule has 1 aliphatic heterocycles. The Hall–Kier alpha value is -0.930. The van der Waals surface area contributed by atoms with Gasteiger partial charge in [0.25, 0.3) is 0 Å². The van der Waals surface area contributed by atoms with Gasteiger partial charge in [0, 0.05) is 12.6 Å². The quantitative estimate of drug-likeness (QED) is 0.910. The molecule has 1 aromatic rings. The Labute approximate surface area is 120 Å². The standard InChI is InChI=1S/C17H24FNO/c18-15-7-1-5-14(12-15)17(20)9-11-19-10-3-6-13-4-2-8-16(13)19/h1,5,7,12-13,16-17,20H,2-4,6,8-11H2. The number of aliphatic hydroxyl groups is 1. The fourth-order valence-electron chi connectivity index (χ4n) is 4.00. The van der Waals surface area contributed by atoms with Crippen molar-refractivity contribution in [1.29, 1.82) is 0 Å². The summed E-state index contributed by atoms with van der Waals surface area (Å²) in [7, 11) is 0. The van der Waals surface area contributed by atoms with Gasteiger partial charge in [0.15, 0.2) is 0 Å². The number of benzene rings is 1. The molecule has 1 heterocycles. The lowest BCUT2D eigenvalue weighted by molar-refractivity contribution is 0.0833. The zero-order chi connectivity index (χ0) is 13.9. The molecule has 0 spiro atoms. The zero-order valence-electron chi connectivity index (χ0n) is 12.0. The van der Waals surface area contributed by atoms with Crippen molar-refractivity contribution in [3.63, 3.8) is 0 Å². The smallest absolute Gasteiger partial charge is 0.123 e. The normalized spacial score (nSPS) is 28.3. The number of hydrogen-bond acceptors (Lipinski definition) is 2. The van der Waals surface area contributed by atoms with Crippen molar-refractivity contribution >= 4 is 0 Å². The van der Waals surface area contributed by atoms with Gasteiger partial charge in [0.2, 0.25) is 0 Å². The summed E-state index contributed by atoms with van der Waals surface area (Å²) in [6.07, 6.45) is 6.89. The number of likely N-dealkylation sites (tertiary alicyclic amines) is 1. The van der Waals surface area contributed by atoms with E-state index in [2.05, 4.69) is 4.90 Å². The molecule has 1 saturated heterocycles. The monoisotopic (exact) mass is 277 g/mol. The zero-order valence-corrected chi connectivity index (χ0v) is 12.0. The highest BCUT2D eigenvalue weighted by Crippen LogP contribution is 2.37. The minimum atomic E-state index is -0.549. The predicted octanol–water partition coefficient (Wildman–Crippen LogP) is 3.51. The molecule has 1 saturated carbocycles. The molecule has 0 radical (unpaired) electrons. The molecule has 2 nitrogen and oxygen atoms in total. The van der Waals surface area contributed by atoms with Crippen molar-refractivity contribution < 1.29 is 9.50 Å². The first-order chi connectivity index (χ1) is 9.74. The fraction of sp³-hybridized carbons (Fsp3) is 0.647. The Morgan fingerprint density at radius 2 is 2.10 bits per heavy atom. The molecule has 20 heavy (non-hydrogen) atoms. The maximum atomic E-state index is 13.2. The number of piperidine rings is 1. The van der Waals surface area contributed by atoms with Crippen LogP contribution in [0.3, 0.4) is 0 Å². The van der Waals surface area contributed by atoms with Crippen molar-refractivity contribution in [2.24, 2.45) is 5.92 Å². The van der Waals surface area contributed by atoms with Gasteiger partial charge < -0.3 is 10.0 Å². The molecule has 1 aliphatic carbocycles. The van der Waals surface area contributed by atoms with Gasteiger partial charge in [-0.3, -0.25) is 0 Å².